The van der Waals surface area contributed by atoms with E-state index in [1.807, 2.05) is 19.9 Å². The van der Waals surface area contributed by atoms with Crippen molar-refractivity contribution in [3.63, 3.8) is 0 Å². The molecule has 0 bridgehead atoms. The maximum atomic E-state index is 11.4. The predicted molar refractivity (Wildman–Crippen MR) is 82.8 cm³/mol. The molecule has 2 rings (SSSR count). The van der Waals surface area contributed by atoms with E-state index in [4.69, 9.17) is 4.74 Å². The smallest absolute Gasteiger partial charge is 0.310 e. The van der Waals surface area contributed by atoms with E-state index < -0.39 is 16.9 Å². The molecule has 2 N–H and O–H groups in total. The Morgan fingerprint density at radius 3 is 2.71 bits per heavy atom. The molecular formula is C17H25NO3. The van der Waals surface area contributed by atoms with Crippen LogP contribution in [-0.4, -0.2) is 29.8 Å². The maximum Gasteiger partial charge on any atom is 0.310 e. The zero-order chi connectivity index (χ0) is 15.7. The number of hydrogen-bond donors (Lipinski definition) is 2. The Morgan fingerprint density at radius 2 is 2.05 bits per heavy atom. The number of ether oxygens (including phenoxy) is 1. The number of nitrogens with one attached hydrogen (secondary N) is 1. The highest BCUT2D eigenvalue weighted by molar-refractivity contribution is 5.75. The number of fused-ring (bicyclic) bond motifs is 1. The van der Waals surface area contributed by atoms with Crippen LogP contribution in [0.25, 0.3) is 0 Å². The molecule has 4 heteroatoms. The van der Waals surface area contributed by atoms with Crippen molar-refractivity contribution in [2.24, 2.45) is 5.41 Å². The summed E-state index contributed by atoms with van der Waals surface area (Å²) in [4.78, 5) is 11.4. The molecule has 1 heterocycles. The van der Waals surface area contributed by atoms with Crippen LogP contribution in [0.3, 0.4) is 0 Å². The summed E-state index contributed by atoms with van der Waals surface area (Å²) in [6.45, 7) is 8.93. The van der Waals surface area contributed by atoms with Crippen molar-refractivity contribution >= 4 is 5.97 Å². The van der Waals surface area contributed by atoms with Gasteiger partial charge in [0, 0.05) is 12.0 Å². The number of rotatable bonds is 6. The van der Waals surface area contributed by atoms with E-state index in [-0.39, 0.29) is 0 Å². The molecule has 4 nitrogen and oxygen atoms in total. The van der Waals surface area contributed by atoms with Gasteiger partial charge in [0.15, 0.2) is 0 Å². The molecule has 0 aliphatic carbocycles. The minimum absolute atomic E-state index is 0.474. The standard InChI is InChI=1S/C17H25NO3/c1-16(2,15(19)20)17(3,4)18-9-7-12-5-6-14-13(11-12)8-10-21-14/h5-6,11,18H,7-10H2,1-4H3,(H,19,20). The predicted octanol–water partition coefficient (Wildman–Crippen LogP) is 2.64. The number of aliphatic carboxylic acids is 1. The topological polar surface area (TPSA) is 58.6 Å². The first-order valence-electron chi connectivity index (χ1n) is 7.47. The molecule has 0 saturated carbocycles. The summed E-state index contributed by atoms with van der Waals surface area (Å²) in [6, 6.07) is 6.31. The normalized spacial score (nSPS) is 14.7. The third-order valence-electron chi connectivity index (χ3n) is 4.83. The lowest BCUT2D eigenvalue weighted by Crippen LogP contribution is -2.55. The van der Waals surface area contributed by atoms with Gasteiger partial charge in [-0.25, -0.2) is 0 Å². The summed E-state index contributed by atoms with van der Waals surface area (Å²) in [5, 5.41) is 12.7. The van der Waals surface area contributed by atoms with Gasteiger partial charge in [0.2, 0.25) is 0 Å². The van der Waals surface area contributed by atoms with Crippen molar-refractivity contribution in [1.29, 1.82) is 0 Å². The van der Waals surface area contributed by atoms with Crippen LogP contribution in [-0.2, 0) is 17.6 Å². The zero-order valence-corrected chi connectivity index (χ0v) is 13.3. The van der Waals surface area contributed by atoms with Crippen molar-refractivity contribution in [1.82, 2.24) is 5.32 Å². The minimum Gasteiger partial charge on any atom is -0.493 e. The molecule has 1 aromatic carbocycles. The Hall–Kier alpha value is -1.55. The molecule has 1 aromatic rings. The maximum absolute atomic E-state index is 11.4. The molecule has 116 valence electrons. The van der Waals surface area contributed by atoms with Crippen LogP contribution >= 0.6 is 0 Å². The Bertz CT molecular complexity index is 535. The summed E-state index contributed by atoms with van der Waals surface area (Å²) in [6.07, 6.45) is 1.86. The lowest BCUT2D eigenvalue weighted by molar-refractivity contribution is -0.151. The molecule has 0 radical (unpaired) electrons. The summed E-state index contributed by atoms with van der Waals surface area (Å²) >= 11 is 0. The highest BCUT2D eigenvalue weighted by atomic mass is 16.5. The van der Waals surface area contributed by atoms with E-state index in [1.165, 1.54) is 11.1 Å². The molecule has 0 amide bonds. The second kappa shape index (κ2) is 5.68. The average molecular weight is 291 g/mol. The van der Waals surface area contributed by atoms with Crippen LogP contribution in [0.1, 0.15) is 38.8 Å². The number of carboxylic acid groups (broad SMARTS) is 1. The summed E-state index contributed by atoms with van der Waals surface area (Å²) < 4.78 is 5.50. The Morgan fingerprint density at radius 1 is 1.33 bits per heavy atom. The molecule has 0 aromatic heterocycles. The van der Waals surface area contributed by atoms with Crippen LogP contribution in [0.4, 0.5) is 0 Å². The largest absolute Gasteiger partial charge is 0.493 e. The third-order valence-corrected chi connectivity index (χ3v) is 4.83. The lowest BCUT2D eigenvalue weighted by Gasteiger charge is -2.39. The first-order valence-corrected chi connectivity index (χ1v) is 7.47. The van der Waals surface area contributed by atoms with Gasteiger partial charge in [-0.2, -0.15) is 0 Å². The highest BCUT2D eigenvalue weighted by Gasteiger charge is 2.42. The Balaban J connectivity index is 1.93. The van der Waals surface area contributed by atoms with Gasteiger partial charge in [-0.05, 0) is 57.9 Å². The van der Waals surface area contributed by atoms with Gasteiger partial charge in [-0.1, -0.05) is 12.1 Å². The van der Waals surface area contributed by atoms with Gasteiger partial charge >= 0.3 is 5.97 Å². The van der Waals surface area contributed by atoms with Gasteiger partial charge in [0.05, 0.1) is 12.0 Å². The number of carboxylic acids is 1. The molecular weight excluding hydrogens is 266 g/mol. The fourth-order valence-electron chi connectivity index (χ4n) is 2.40. The van der Waals surface area contributed by atoms with E-state index in [9.17, 15) is 9.90 Å². The second-order valence-corrected chi connectivity index (χ2v) is 6.77. The fraction of sp³-hybridized carbons (Fsp3) is 0.588. The lowest BCUT2D eigenvalue weighted by atomic mass is 9.74. The molecule has 1 aliphatic rings. The van der Waals surface area contributed by atoms with Gasteiger partial charge < -0.3 is 15.2 Å². The van der Waals surface area contributed by atoms with Crippen LogP contribution in [0.15, 0.2) is 18.2 Å². The average Bonchev–Trinajstić information content (AvgIpc) is 2.85. The zero-order valence-electron chi connectivity index (χ0n) is 13.3. The van der Waals surface area contributed by atoms with Gasteiger partial charge in [0.1, 0.15) is 5.75 Å². The third kappa shape index (κ3) is 3.21. The van der Waals surface area contributed by atoms with Crippen LogP contribution < -0.4 is 10.1 Å². The quantitative estimate of drug-likeness (QED) is 0.846. The summed E-state index contributed by atoms with van der Waals surface area (Å²) in [5.41, 5.74) is 1.24. The van der Waals surface area contributed by atoms with E-state index in [1.54, 1.807) is 13.8 Å². The number of benzene rings is 1. The molecule has 0 atom stereocenters. The molecule has 0 fully saturated rings. The van der Waals surface area contributed by atoms with Gasteiger partial charge in [-0.3, -0.25) is 4.79 Å². The summed E-state index contributed by atoms with van der Waals surface area (Å²) in [5.74, 6) is 0.216. The first-order chi connectivity index (χ1) is 9.74. The Kier molecular flexibility index (Phi) is 4.28. The van der Waals surface area contributed by atoms with Crippen LogP contribution in [0.5, 0.6) is 5.75 Å². The molecule has 0 spiro atoms. The highest BCUT2D eigenvalue weighted by Crippen LogP contribution is 2.31. The van der Waals surface area contributed by atoms with E-state index >= 15 is 0 Å². The van der Waals surface area contributed by atoms with Crippen molar-refractivity contribution < 1.29 is 14.6 Å². The van der Waals surface area contributed by atoms with Crippen molar-refractivity contribution in [3.05, 3.63) is 29.3 Å². The molecule has 1 aliphatic heterocycles. The molecule has 21 heavy (non-hydrogen) atoms. The van der Waals surface area contributed by atoms with Crippen molar-refractivity contribution in [2.75, 3.05) is 13.2 Å². The Labute approximate surface area is 126 Å². The molecule has 0 saturated heterocycles. The van der Waals surface area contributed by atoms with E-state index in [0.717, 1.165) is 31.7 Å². The van der Waals surface area contributed by atoms with Crippen LogP contribution in [0, 0.1) is 5.41 Å². The monoisotopic (exact) mass is 291 g/mol. The SMILES string of the molecule is CC(C)(NCCc1ccc2c(c1)CCO2)C(C)(C)C(=O)O. The first kappa shape index (κ1) is 15.8. The second-order valence-electron chi connectivity index (χ2n) is 6.77. The van der Waals surface area contributed by atoms with Crippen molar-refractivity contribution in [2.45, 2.75) is 46.1 Å². The van der Waals surface area contributed by atoms with E-state index in [2.05, 4.69) is 17.4 Å². The van der Waals surface area contributed by atoms with Crippen molar-refractivity contribution in [3.8, 4) is 5.75 Å². The van der Waals surface area contributed by atoms with Gasteiger partial charge in [0.25, 0.3) is 0 Å². The minimum atomic E-state index is -0.821. The van der Waals surface area contributed by atoms with Crippen LogP contribution in [0.2, 0.25) is 0 Å². The number of carbonyl (C=O) groups is 1. The molecule has 0 unspecified atom stereocenters. The van der Waals surface area contributed by atoms with Gasteiger partial charge in [-0.15, -0.1) is 0 Å². The van der Waals surface area contributed by atoms with E-state index in [0.29, 0.717) is 0 Å². The summed E-state index contributed by atoms with van der Waals surface area (Å²) in [7, 11) is 0. The number of hydrogen-bond acceptors (Lipinski definition) is 3. The fourth-order valence-corrected chi connectivity index (χ4v) is 2.40.